The molecule has 0 radical (unpaired) electrons. The predicted octanol–water partition coefficient (Wildman–Crippen LogP) is 2.90. The number of rotatable bonds is 3. The summed E-state index contributed by atoms with van der Waals surface area (Å²) in [6.07, 6.45) is 2.40. The quantitative estimate of drug-likeness (QED) is 0.599. The lowest BCUT2D eigenvalue weighted by atomic mass is 10.1. The van der Waals surface area contributed by atoms with Gasteiger partial charge in [0.2, 0.25) is 0 Å². The predicted molar refractivity (Wildman–Crippen MR) is 55.7 cm³/mol. The molecule has 0 atom stereocenters. The minimum atomic E-state index is 0.0397. The Morgan fingerprint density at radius 3 is 2.79 bits per heavy atom. The van der Waals surface area contributed by atoms with Crippen LogP contribution in [0.5, 0.6) is 5.75 Å². The summed E-state index contributed by atoms with van der Waals surface area (Å²) in [4.78, 5) is 4.75. The van der Waals surface area contributed by atoms with Crippen LogP contribution < -0.4 is 5.48 Å². The Kier molecular flexibility index (Phi) is 2.52. The normalized spacial score (nSPS) is 15.6. The standard InChI is InChI=1S/C10H12ClNO2/c1-14-12-9-5-7(6-2-3-6)4-8(11)10(9)13/h4-6,12-13H,2-3H2,1H3. The number of nitrogens with one attached hydrogen (secondary N) is 1. The zero-order valence-corrected chi connectivity index (χ0v) is 8.64. The molecule has 1 saturated carbocycles. The van der Waals surface area contributed by atoms with Crippen molar-refractivity contribution in [2.24, 2.45) is 0 Å². The molecule has 0 spiro atoms. The summed E-state index contributed by atoms with van der Waals surface area (Å²) in [6, 6.07) is 3.69. The highest BCUT2D eigenvalue weighted by Gasteiger charge is 2.25. The van der Waals surface area contributed by atoms with E-state index in [1.165, 1.54) is 20.0 Å². The van der Waals surface area contributed by atoms with Gasteiger partial charge in [-0.05, 0) is 36.5 Å². The number of hydrogen-bond acceptors (Lipinski definition) is 3. The van der Waals surface area contributed by atoms with E-state index in [1.807, 2.05) is 12.1 Å². The third-order valence-corrected chi connectivity index (χ3v) is 2.63. The monoisotopic (exact) mass is 213 g/mol. The van der Waals surface area contributed by atoms with Gasteiger partial charge in [0.05, 0.1) is 12.1 Å². The molecule has 4 heteroatoms. The van der Waals surface area contributed by atoms with Crippen LogP contribution >= 0.6 is 11.6 Å². The molecule has 3 nitrogen and oxygen atoms in total. The van der Waals surface area contributed by atoms with E-state index in [0.29, 0.717) is 16.6 Å². The zero-order chi connectivity index (χ0) is 10.1. The van der Waals surface area contributed by atoms with Crippen molar-refractivity contribution in [1.29, 1.82) is 0 Å². The molecule has 1 aromatic rings. The summed E-state index contributed by atoms with van der Waals surface area (Å²) < 4.78 is 0. The Hall–Kier alpha value is -0.930. The first-order valence-corrected chi connectivity index (χ1v) is 4.91. The summed E-state index contributed by atoms with van der Waals surface area (Å²) in [7, 11) is 1.50. The number of hydrogen-bond donors (Lipinski definition) is 2. The summed E-state index contributed by atoms with van der Waals surface area (Å²) in [5.41, 5.74) is 4.29. The number of aromatic hydroxyl groups is 1. The average molecular weight is 214 g/mol. The van der Waals surface area contributed by atoms with Gasteiger partial charge in [-0.2, -0.15) is 0 Å². The molecule has 0 aliphatic heterocycles. The fourth-order valence-corrected chi connectivity index (χ4v) is 1.69. The number of benzene rings is 1. The van der Waals surface area contributed by atoms with Gasteiger partial charge >= 0.3 is 0 Å². The van der Waals surface area contributed by atoms with E-state index in [2.05, 4.69) is 5.48 Å². The van der Waals surface area contributed by atoms with Gasteiger partial charge in [-0.1, -0.05) is 11.6 Å². The highest BCUT2D eigenvalue weighted by Crippen LogP contribution is 2.44. The summed E-state index contributed by atoms with van der Waals surface area (Å²) in [5, 5.41) is 9.95. The van der Waals surface area contributed by atoms with Gasteiger partial charge in [0.1, 0.15) is 5.69 Å². The van der Waals surface area contributed by atoms with Crippen LogP contribution in [0.4, 0.5) is 5.69 Å². The Balaban J connectivity index is 2.35. The molecule has 0 aromatic heterocycles. The van der Waals surface area contributed by atoms with E-state index in [4.69, 9.17) is 16.4 Å². The minimum absolute atomic E-state index is 0.0397. The zero-order valence-electron chi connectivity index (χ0n) is 7.88. The molecule has 14 heavy (non-hydrogen) atoms. The van der Waals surface area contributed by atoms with Crippen molar-refractivity contribution in [3.8, 4) is 5.75 Å². The molecular weight excluding hydrogens is 202 g/mol. The largest absolute Gasteiger partial charge is 0.504 e. The van der Waals surface area contributed by atoms with Crippen LogP contribution in [0, 0.1) is 0 Å². The smallest absolute Gasteiger partial charge is 0.159 e. The van der Waals surface area contributed by atoms with Gasteiger partial charge in [0, 0.05) is 0 Å². The molecule has 0 heterocycles. The molecule has 1 aliphatic carbocycles. The fourth-order valence-electron chi connectivity index (χ4n) is 1.46. The fraction of sp³-hybridized carbons (Fsp3) is 0.400. The van der Waals surface area contributed by atoms with Gasteiger partial charge in [-0.15, -0.1) is 0 Å². The first kappa shape index (κ1) is 9.62. The van der Waals surface area contributed by atoms with Crippen LogP contribution in [0.15, 0.2) is 12.1 Å². The third kappa shape index (κ3) is 1.79. The second-order valence-electron chi connectivity index (χ2n) is 3.48. The van der Waals surface area contributed by atoms with E-state index in [9.17, 15) is 5.11 Å². The molecule has 76 valence electrons. The second-order valence-corrected chi connectivity index (χ2v) is 3.89. The lowest BCUT2D eigenvalue weighted by molar-refractivity contribution is 0.268. The maximum absolute atomic E-state index is 9.58. The first-order chi connectivity index (χ1) is 6.72. The van der Waals surface area contributed by atoms with Crippen molar-refractivity contribution in [3.63, 3.8) is 0 Å². The van der Waals surface area contributed by atoms with Crippen LogP contribution in [0.1, 0.15) is 24.3 Å². The third-order valence-electron chi connectivity index (χ3n) is 2.35. The topological polar surface area (TPSA) is 41.5 Å². The van der Waals surface area contributed by atoms with Crippen LogP contribution in [0.25, 0.3) is 0 Å². The molecule has 0 unspecified atom stereocenters. The Morgan fingerprint density at radius 2 is 2.21 bits per heavy atom. The summed E-state index contributed by atoms with van der Waals surface area (Å²) >= 11 is 5.88. The van der Waals surface area contributed by atoms with Crippen LogP contribution in [0.2, 0.25) is 5.02 Å². The molecule has 0 bridgehead atoms. The summed E-state index contributed by atoms with van der Waals surface area (Å²) in [6.45, 7) is 0. The van der Waals surface area contributed by atoms with Crippen LogP contribution in [0.3, 0.4) is 0 Å². The molecule has 1 fully saturated rings. The number of halogens is 1. The first-order valence-electron chi connectivity index (χ1n) is 4.53. The highest BCUT2D eigenvalue weighted by atomic mass is 35.5. The lowest BCUT2D eigenvalue weighted by Crippen LogP contribution is -1.97. The van der Waals surface area contributed by atoms with Crippen molar-refractivity contribution in [2.75, 3.05) is 12.6 Å². The van der Waals surface area contributed by atoms with Gasteiger partial charge in [0.15, 0.2) is 5.75 Å². The highest BCUT2D eigenvalue weighted by molar-refractivity contribution is 6.32. The number of anilines is 1. The van der Waals surface area contributed by atoms with Gasteiger partial charge in [0.25, 0.3) is 0 Å². The van der Waals surface area contributed by atoms with Crippen molar-refractivity contribution < 1.29 is 9.94 Å². The SMILES string of the molecule is CONc1cc(C2CC2)cc(Cl)c1O. The molecule has 1 aromatic carbocycles. The van der Waals surface area contributed by atoms with Crippen molar-refractivity contribution >= 4 is 17.3 Å². The van der Waals surface area contributed by atoms with E-state index >= 15 is 0 Å². The van der Waals surface area contributed by atoms with Crippen molar-refractivity contribution in [1.82, 2.24) is 0 Å². The van der Waals surface area contributed by atoms with Gasteiger partial charge < -0.3 is 5.11 Å². The lowest BCUT2D eigenvalue weighted by Gasteiger charge is -2.09. The van der Waals surface area contributed by atoms with E-state index in [-0.39, 0.29) is 5.75 Å². The van der Waals surface area contributed by atoms with Crippen molar-refractivity contribution in [3.05, 3.63) is 22.7 Å². The summed E-state index contributed by atoms with van der Waals surface area (Å²) in [5.74, 6) is 0.642. The van der Waals surface area contributed by atoms with Crippen molar-refractivity contribution in [2.45, 2.75) is 18.8 Å². The second kappa shape index (κ2) is 3.67. The Morgan fingerprint density at radius 1 is 1.50 bits per heavy atom. The molecule has 0 saturated heterocycles. The molecule has 2 N–H and O–H groups in total. The maximum Gasteiger partial charge on any atom is 0.159 e. The minimum Gasteiger partial charge on any atom is -0.504 e. The van der Waals surface area contributed by atoms with Crippen LogP contribution in [-0.2, 0) is 4.84 Å². The van der Waals surface area contributed by atoms with E-state index in [0.717, 1.165) is 5.56 Å². The molecule has 1 aliphatic rings. The number of phenolic OH excluding ortho intramolecular Hbond substituents is 1. The number of phenols is 1. The molecule has 2 rings (SSSR count). The van der Waals surface area contributed by atoms with E-state index < -0.39 is 0 Å². The maximum atomic E-state index is 9.58. The van der Waals surface area contributed by atoms with E-state index in [1.54, 1.807) is 0 Å². The molecular formula is C10H12ClNO2. The Labute approximate surface area is 87.6 Å². The van der Waals surface area contributed by atoms with Crippen LogP contribution in [-0.4, -0.2) is 12.2 Å². The average Bonchev–Trinajstić information content (AvgIpc) is 2.96. The van der Waals surface area contributed by atoms with Gasteiger partial charge in [-0.25, -0.2) is 0 Å². The van der Waals surface area contributed by atoms with Gasteiger partial charge in [-0.3, -0.25) is 10.3 Å². The Bertz CT molecular complexity index is 350. The molecule has 0 amide bonds.